The van der Waals surface area contributed by atoms with Crippen molar-refractivity contribution in [1.82, 2.24) is 5.32 Å². The number of amides is 2. The molecule has 2 aromatic rings. The van der Waals surface area contributed by atoms with E-state index in [2.05, 4.69) is 26.6 Å². The predicted octanol–water partition coefficient (Wildman–Crippen LogP) is 3.98. The minimum Gasteiger partial charge on any atom is -0.340 e. The van der Waals surface area contributed by atoms with E-state index in [0.717, 1.165) is 4.47 Å². The van der Waals surface area contributed by atoms with Gasteiger partial charge in [0.05, 0.1) is 5.69 Å². The van der Waals surface area contributed by atoms with E-state index in [9.17, 15) is 14.0 Å². The molecule has 0 aliphatic rings. The molecule has 126 valence electrons. The molecule has 0 aliphatic heterocycles. The Hall–Kier alpha value is -2.21. The van der Waals surface area contributed by atoms with Gasteiger partial charge in [0.15, 0.2) is 0 Å². The Balaban J connectivity index is 2.11. The van der Waals surface area contributed by atoms with Crippen LogP contribution in [0.1, 0.15) is 24.2 Å². The molecular weight excluding hydrogens is 375 g/mol. The summed E-state index contributed by atoms with van der Waals surface area (Å²) in [5.41, 5.74) is 0.536. The molecule has 4 nitrogen and oxygen atoms in total. The van der Waals surface area contributed by atoms with Crippen molar-refractivity contribution in [1.29, 1.82) is 0 Å². The lowest BCUT2D eigenvalue weighted by molar-refractivity contribution is -0.118. The van der Waals surface area contributed by atoms with Crippen LogP contribution in [0.25, 0.3) is 0 Å². The Morgan fingerprint density at radius 2 is 1.67 bits per heavy atom. The van der Waals surface area contributed by atoms with E-state index in [-0.39, 0.29) is 17.5 Å². The second-order valence-electron chi connectivity index (χ2n) is 5.67. The van der Waals surface area contributed by atoms with Gasteiger partial charge in [-0.05, 0) is 42.3 Å². The Bertz CT molecular complexity index is 732. The largest absolute Gasteiger partial charge is 0.340 e. The summed E-state index contributed by atoms with van der Waals surface area (Å²) in [7, 11) is 0. The van der Waals surface area contributed by atoms with Gasteiger partial charge in [-0.15, -0.1) is 0 Å². The number of para-hydroxylation sites is 1. The van der Waals surface area contributed by atoms with Crippen LogP contribution in [0, 0.1) is 11.7 Å². The topological polar surface area (TPSA) is 58.2 Å². The van der Waals surface area contributed by atoms with Crippen LogP contribution in [0.4, 0.5) is 10.1 Å². The minimum atomic E-state index is -0.777. The summed E-state index contributed by atoms with van der Waals surface area (Å²) >= 11 is 3.30. The Morgan fingerprint density at radius 1 is 1.04 bits per heavy atom. The molecule has 2 aromatic carbocycles. The summed E-state index contributed by atoms with van der Waals surface area (Å²) in [5.74, 6) is -1.49. The number of rotatable bonds is 5. The molecule has 1 atom stereocenters. The first-order chi connectivity index (χ1) is 11.4. The van der Waals surface area contributed by atoms with Crippen molar-refractivity contribution in [3.63, 3.8) is 0 Å². The van der Waals surface area contributed by atoms with E-state index < -0.39 is 17.8 Å². The molecular formula is C18H18BrFN2O2. The second-order valence-corrected chi connectivity index (χ2v) is 6.59. The van der Waals surface area contributed by atoms with E-state index in [1.54, 1.807) is 36.4 Å². The van der Waals surface area contributed by atoms with Crippen molar-refractivity contribution in [2.24, 2.45) is 5.92 Å². The fourth-order valence-corrected chi connectivity index (χ4v) is 2.40. The summed E-state index contributed by atoms with van der Waals surface area (Å²) in [6.07, 6.45) is 0. The zero-order chi connectivity index (χ0) is 17.7. The monoisotopic (exact) mass is 392 g/mol. The lowest BCUT2D eigenvalue weighted by Gasteiger charge is -2.22. The van der Waals surface area contributed by atoms with Gasteiger partial charge in [0.25, 0.3) is 5.91 Å². The molecule has 0 unspecified atom stereocenters. The maximum absolute atomic E-state index is 13.7. The summed E-state index contributed by atoms with van der Waals surface area (Å²) < 4.78 is 14.5. The predicted molar refractivity (Wildman–Crippen MR) is 95.3 cm³/mol. The average Bonchev–Trinajstić information content (AvgIpc) is 2.54. The fraction of sp³-hybridized carbons (Fsp3) is 0.222. The molecule has 0 heterocycles. The molecule has 6 heteroatoms. The van der Waals surface area contributed by atoms with Crippen LogP contribution in [0.2, 0.25) is 0 Å². The number of carbonyl (C=O) groups excluding carboxylic acids is 2. The van der Waals surface area contributed by atoms with Crippen LogP contribution in [0.3, 0.4) is 0 Å². The van der Waals surface area contributed by atoms with E-state index in [1.807, 2.05) is 13.8 Å². The summed E-state index contributed by atoms with van der Waals surface area (Å²) in [5, 5.41) is 5.22. The zero-order valence-electron chi connectivity index (χ0n) is 13.3. The SMILES string of the molecule is CC(C)[C@H](NC(=O)c1ccc(Br)cc1)C(=O)Nc1ccccc1F. The van der Waals surface area contributed by atoms with Gasteiger partial charge in [-0.3, -0.25) is 9.59 Å². The van der Waals surface area contributed by atoms with Crippen molar-refractivity contribution in [3.05, 3.63) is 64.4 Å². The normalized spacial score (nSPS) is 11.9. The van der Waals surface area contributed by atoms with Gasteiger partial charge in [0, 0.05) is 10.0 Å². The molecule has 2 amide bonds. The third kappa shape index (κ3) is 4.64. The smallest absolute Gasteiger partial charge is 0.251 e. The van der Waals surface area contributed by atoms with Gasteiger partial charge in [-0.25, -0.2) is 4.39 Å². The number of hydrogen-bond acceptors (Lipinski definition) is 2. The van der Waals surface area contributed by atoms with Crippen molar-refractivity contribution in [2.45, 2.75) is 19.9 Å². The quantitative estimate of drug-likeness (QED) is 0.808. The standard InChI is InChI=1S/C18H18BrFN2O2/c1-11(2)16(18(24)21-15-6-4-3-5-14(15)20)22-17(23)12-7-9-13(19)10-8-12/h3-11,16H,1-2H3,(H,21,24)(H,22,23)/t16-/m0/s1. The van der Waals surface area contributed by atoms with Gasteiger partial charge in [-0.2, -0.15) is 0 Å². The van der Waals surface area contributed by atoms with Gasteiger partial charge in [0.2, 0.25) is 5.91 Å². The Morgan fingerprint density at radius 3 is 2.25 bits per heavy atom. The fourth-order valence-electron chi connectivity index (χ4n) is 2.13. The summed E-state index contributed by atoms with van der Waals surface area (Å²) in [6.45, 7) is 3.63. The van der Waals surface area contributed by atoms with E-state index in [4.69, 9.17) is 0 Å². The van der Waals surface area contributed by atoms with Gasteiger partial charge >= 0.3 is 0 Å². The highest BCUT2D eigenvalue weighted by atomic mass is 79.9. The van der Waals surface area contributed by atoms with E-state index in [0.29, 0.717) is 5.56 Å². The number of anilines is 1. The highest BCUT2D eigenvalue weighted by Gasteiger charge is 2.25. The minimum absolute atomic E-state index is 0.0889. The highest BCUT2D eigenvalue weighted by molar-refractivity contribution is 9.10. The van der Waals surface area contributed by atoms with Crippen molar-refractivity contribution in [3.8, 4) is 0 Å². The molecule has 0 aliphatic carbocycles. The molecule has 0 bridgehead atoms. The van der Waals surface area contributed by atoms with E-state index >= 15 is 0 Å². The van der Waals surface area contributed by atoms with Crippen molar-refractivity contribution in [2.75, 3.05) is 5.32 Å². The molecule has 0 radical (unpaired) electrons. The summed E-state index contributed by atoms with van der Waals surface area (Å²) in [6, 6.07) is 11.9. The maximum atomic E-state index is 13.7. The third-order valence-corrected chi connectivity index (χ3v) is 4.00. The van der Waals surface area contributed by atoms with Crippen molar-refractivity contribution >= 4 is 33.4 Å². The van der Waals surface area contributed by atoms with Crippen molar-refractivity contribution < 1.29 is 14.0 Å². The average molecular weight is 393 g/mol. The molecule has 2 rings (SSSR count). The van der Waals surface area contributed by atoms with Gasteiger partial charge in [0.1, 0.15) is 11.9 Å². The van der Waals surface area contributed by atoms with E-state index in [1.165, 1.54) is 12.1 Å². The first kappa shape index (κ1) is 18.1. The van der Waals surface area contributed by atoms with Crippen LogP contribution >= 0.6 is 15.9 Å². The number of hydrogen-bond donors (Lipinski definition) is 2. The molecule has 0 saturated carbocycles. The van der Waals surface area contributed by atoms with Crippen LogP contribution in [-0.2, 0) is 4.79 Å². The molecule has 0 fully saturated rings. The molecule has 2 N–H and O–H groups in total. The Labute approximate surface area is 148 Å². The zero-order valence-corrected chi connectivity index (χ0v) is 14.9. The molecule has 24 heavy (non-hydrogen) atoms. The molecule has 0 spiro atoms. The number of nitrogens with one attached hydrogen (secondary N) is 2. The highest BCUT2D eigenvalue weighted by Crippen LogP contribution is 2.15. The van der Waals surface area contributed by atoms with Gasteiger partial charge in [-0.1, -0.05) is 41.9 Å². The van der Waals surface area contributed by atoms with Crippen LogP contribution in [0.15, 0.2) is 53.0 Å². The Kier molecular flexibility index (Phi) is 6.09. The molecule has 0 aromatic heterocycles. The summed E-state index contributed by atoms with van der Waals surface area (Å²) in [4.78, 5) is 24.7. The van der Waals surface area contributed by atoms with Crippen LogP contribution in [-0.4, -0.2) is 17.9 Å². The van der Waals surface area contributed by atoms with Gasteiger partial charge < -0.3 is 10.6 Å². The maximum Gasteiger partial charge on any atom is 0.251 e. The molecule has 0 saturated heterocycles. The first-order valence-corrected chi connectivity index (χ1v) is 8.29. The first-order valence-electron chi connectivity index (χ1n) is 7.50. The number of benzene rings is 2. The number of carbonyl (C=O) groups is 2. The van der Waals surface area contributed by atoms with Crippen LogP contribution in [0.5, 0.6) is 0 Å². The lowest BCUT2D eigenvalue weighted by atomic mass is 10.0. The number of halogens is 2. The second kappa shape index (κ2) is 8.06. The van der Waals surface area contributed by atoms with Crippen LogP contribution < -0.4 is 10.6 Å². The lowest BCUT2D eigenvalue weighted by Crippen LogP contribution is -2.47. The third-order valence-electron chi connectivity index (χ3n) is 3.47.